The molecule has 0 saturated carbocycles. The van der Waals surface area contributed by atoms with Crippen LogP contribution in [0.5, 0.6) is 0 Å². The van der Waals surface area contributed by atoms with E-state index in [1.807, 2.05) is 0 Å². The van der Waals surface area contributed by atoms with E-state index in [2.05, 4.69) is 0 Å². The molecular formula is C11H16N2O4. The second-order valence-electron chi connectivity index (χ2n) is 3.51. The number of aliphatic hydroxyl groups is 2. The normalized spacial score (nSPS) is 10.2. The molecule has 1 rings (SSSR count). The summed E-state index contributed by atoms with van der Waals surface area (Å²) in [6, 6.07) is 4.54. The molecule has 0 unspecified atom stereocenters. The second kappa shape index (κ2) is 6.07. The number of nitrogens with two attached hydrogens (primary N) is 1. The molecule has 0 fully saturated rings. The maximum absolute atomic E-state index is 10.8. The summed E-state index contributed by atoms with van der Waals surface area (Å²) in [5.74, 6) is -1.08. The number of aliphatic hydroxyl groups excluding tert-OH is 2. The van der Waals surface area contributed by atoms with E-state index >= 15 is 0 Å². The molecule has 0 bridgehead atoms. The van der Waals surface area contributed by atoms with Gasteiger partial charge in [-0.3, -0.25) is 0 Å². The average Bonchev–Trinajstić information content (AvgIpc) is 2.28. The molecule has 0 aliphatic rings. The highest BCUT2D eigenvalue weighted by molar-refractivity contribution is 5.94. The lowest BCUT2D eigenvalue weighted by atomic mass is 10.1. The molecule has 0 aliphatic heterocycles. The van der Waals surface area contributed by atoms with Crippen molar-refractivity contribution in [3.63, 3.8) is 0 Å². The van der Waals surface area contributed by atoms with Gasteiger partial charge in [0.25, 0.3) is 0 Å². The van der Waals surface area contributed by atoms with E-state index in [-0.39, 0.29) is 24.5 Å². The topological polar surface area (TPSA) is 107 Å². The number of benzene rings is 1. The van der Waals surface area contributed by atoms with Crippen LogP contribution in [0.3, 0.4) is 0 Å². The lowest BCUT2D eigenvalue weighted by Crippen LogP contribution is -2.29. The molecule has 1 aromatic carbocycles. The summed E-state index contributed by atoms with van der Waals surface area (Å²) >= 11 is 0. The van der Waals surface area contributed by atoms with Crippen LogP contribution in [-0.2, 0) is 0 Å². The molecule has 0 radical (unpaired) electrons. The Kier molecular flexibility index (Phi) is 4.74. The highest BCUT2D eigenvalue weighted by Crippen LogP contribution is 2.21. The lowest BCUT2D eigenvalue weighted by Gasteiger charge is -2.23. The number of nitrogens with zero attached hydrogens (tertiary/aromatic N) is 1. The van der Waals surface area contributed by atoms with Gasteiger partial charge in [0.15, 0.2) is 0 Å². The molecule has 6 nitrogen and oxygen atoms in total. The summed E-state index contributed by atoms with van der Waals surface area (Å²) < 4.78 is 0. The van der Waals surface area contributed by atoms with E-state index in [1.54, 1.807) is 11.0 Å². The summed E-state index contributed by atoms with van der Waals surface area (Å²) in [5.41, 5.74) is 6.50. The Labute approximate surface area is 98.9 Å². The fourth-order valence-electron chi connectivity index (χ4n) is 1.55. The van der Waals surface area contributed by atoms with Crippen molar-refractivity contribution in [3.05, 3.63) is 23.8 Å². The molecule has 5 N–H and O–H groups in total. The Bertz CT molecular complexity index is 389. The van der Waals surface area contributed by atoms with Crippen molar-refractivity contribution in [1.82, 2.24) is 0 Å². The zero-order valence-corrected chi connectivity index (χ0v) is 9.33. The zero-order valence-electron chi connectivity index (χ0n) is 9.33. The molecule has 6 heteroatoms. The third-order valence-corrected chi connectivity index (χ3v) is 2.37. The Balaban J connectivity index is 2.97. The number of hydrogen-bond acceptors (Lipinski definition) is 5. The van der Waals surface area contributed by atoms with Crippen LogP contribution in [0.4, 0.5) is 11.4 Å². The first-order valence-corrected chi connectivity index (χ1v) is 5.19. The summed E-state index contributed by atoms with van der Waals surface area (Å²) in [7, 11) is 0. The molecule has 0 atom stereocenters. The predicted octanol–water partition coefficient (Wildman–Crippen LogP) is -0.242. The zero-order chi connectivity index (χ0) is 12.8. The van der Waals surface area contributed by atoms with Gasteiger partial charge in [-0.2, -0.15) is 0 Å². The van der Waals surface area contributed by atoms with Gasteiger partial charge in [-0.05, 0) is 18.2 Å². The number of rotatable bonds is 6. The van der Waals surface area contributed by atoms with E-state index in [0.717, 1.165) is 0 Å². The Morgan fingerprint density at radius 3 is 2.24 bits per heavy atom. The van der Waals surface area contributed by atoms with E-state index in [1.165, 1.54) is 12.1 Å². The first kappa shape index (κ1) is 13.3. The first-order chi connectivity index (χ1) is 8.10. The number of carboxylic acids is 1. The van der Waals surface area contributed by atoms with E-state index < -0.39 is 5.97 Å². The Morgan fingerprint density at radius 2 is 1.82 bits per heavy atom. The van der Waals surface area contributed by atoms with E-state index in [0.29, 0.717) is 18.8 Å². The van der Waals surface area contributed by atoms with Crippen LogP contribution in [0.2, 0.25) is 0 Å². The molecular weight excluding hydrogens is 224 g/mol. The smallest absolute Gasteiger partial charge is 0.337 e. The summed E-state index contributed by atoms with van der Waals surface area (Å²) in [6.45, 7) is 0.597. The minimum atomic E-state index is -1.08. The molecule has 0 amide bonds. The first-order valence-electron chi connectivity index (χ1n) is 5.19. The summed E-state index contributed by atoms with van der Waals surface area (Å²) in [5, 5.41) is 26.6. The van der Waals surface area contributed by atoms with Gasteiger partial charge in [0, 0.05) is 24.5 Å². The lowest BCUT2D eigenvalue weighted by molar-refractivity contribution is 0.0698. The van der Waals surface area contributed by atoms with Crippen LogP contribution in [0, 0.1) is 0 Å². The van der Waals surface area contributed by atoms with Gasteiger partial charge in [-0.15, -0.1) is 0 Å². The van der Waals surface area contributed by atoms with Gasteiger partial charge in [0.2, 0.25) is 0 Å². The van der Waals surface area contributed by atoms with Crippen LogP contribution in [-0.4, -0.2) is 47.6 Å². The Hall–Kier alpha value is -1.79. The van der Waals surface area contributed by atoms with Gasteiger partial charge in [0.1, 0.15) is 0 Å². The number of nitrogen functional groups attached to an aromatic ring is 1. The van der Waals surface area contributed by atoms with Crippen molar-refractivity contribution in [2.75, 3.05) is 36.9 Å². The fourth-order valence-corrected chi connectivity index (χ4v) is 1.55. The molecule has 0 saturated heterocycles. The van der Waals surface area contributed by atoms with Crippen molar-refractivity contribution < 1.29 is 20.1 Å². The highest BCUT2D eigenvalue weighted by atomic mass is 16.4. The summed E-state index contributed by atoms with van der Waals surface area (Å²) in [6.07, 6.45) is 0. The monoisotopic (exact) mass is 240 g/mol. The van der Waals surface area contributed by atoms with Gasteiger partial charge >= 0.3 is 5.97 Å². The number of anilines is 2. The van der Waals surface area contributed by atoms with Crippen molar-refractivity contribution in [2.24, 2.45) is 0 Å². The van der Waals surface area contributed by atoms with Crippen LogP contribution in [0.15, 0.2) is 18.2 Å². The maximum atomic E-state index is 10.8. The van der Waals surface area contributed by atoms with Crippen LogP contribution in [0.1, 0.15) is 10.4 Å². The van der Waals surface area contributed by atoms with E-state index in [4.69, 9.17) is 21.1 Å². The molecule has 0 heterocycles. The van der Waals surface area contributed by atoms with Crippen molar-refractivity contribution in [3.8, 4) is 0 Å². The Morgan fingerprint density at radius 1 is 1.24 bits per heavy atom. The predicted molar refractivity (Wildman–Crippen MR) is 64.2 cm³/mol. The SMILES string of the molecule is Nc1cc(N(CCO)CCO)ccc1C(=O)O. The molecule has 94 valence electrons. The quantitative estimate of drug-likeness (QED) is 0.511. The minimum Gasteiger partial charge on any atom is -0.478 e. The molecule has 17 heavy (non-hydrogen) atoms. The van der Waals surface area contributed by atoms with Gasteiger partial charge < -0.3 is 26.0 Å². The minimum absolute atomic E-state index is 0.0432. The number of aromatic carboxylic acids is 1. The molecule has 0 spiro atoms. The molecule has 1 aromatic rings. The number of carboxylic acid groups (broad SMARTS) is 1. The van der Waals surface area contributed by atoms with Crippen molar-refractivity contribution in [2.45, 2.75) is 0 Å². The van der Waals surface area contributed by atoms with Crippen LogP contribution in [0.25, 0.3) is 0 Å². The second-order valence-corrected chi connectivity index (χ2v) is 3.51. The fraction of sp³-hybridized carbons (Fsp3) is 0.364. The standard InChI is InChI=1S/C11H16N2O4/c12-10-7-8(1-2-9(10)11(16)17)13(3-5-14)4-6-15/h1-2,7,14-15H,3-6,12H2,(H,16,17). The largest absolute Gasteiger partial charge is 0.478 e. The number of carbonyl (C=O) groups is 1. The molecule has 0 aromatic heterocycles. The summed E-state index contributed by atoms with van der Waals surface area (Å²) in [4.78, 5) is 12.5. The van der Waals surface area contributed by atoms with Crippen molar-refractivity contribution >= 4 is 17.3 Å². The highest BCUT2D eigenvalue weighted by Gasteiger charge is 2.11. The van der Waals surface area contributed by atoms with Crippen LogP contribution < -0.4 is 10.6 Å². The van der Waals surface area contributed by atoms with Gasteiger partial charge in [-0.1, -0.05) is 0 Å². The third kappa shape index (κ3) is 3.33. The van der Waals surface area contributed by atoms with E-state index in [9.17, 15) is 4.79 Å². The number of hydrogen-bond donors (Lipinski definition) is 4. The molecule has 0 aliphatic carbocycles. The van der Waals surface area contributed by atoms with Gasteiger partial charge in [-0.25, -0.2) is 4.79 Å². The average molecular weight is 240 g/mol. The van der Waals surface area contributed by atoms with Crippen LogP contribution >= 0.6 is 0 Å². The van der Waals surface area contributed by atoms with Crippen molar-refractivity contribution in [1.29, 1.82) is 0 Å². The third-order valence-electron chi connectivity index (χ3n) is 2.37. The maximum Gasteiger partial charge on any atom is 0.337 e. The van der Waals surface area contributed by atoms with Gasteiger partial charge in [0.05, 0.1) is 18.8 Å².